The molecular weight excluding hydrogens is 298 g/mol. The molecule has 4 nitrogen and oxygen atoms in total. The summed E-state index contributed by atoms with van der Waals surface area (Å²) in [5.74, 6) is -0.375. The van der Waals surface area contributed by atoms with Gasteiger partial charge in [-0.25, -0.2) is 8.42 Å². The summed E-state index contributed by atoms with van der Waals surface area (Å²) in [5, 5.41) is 3.07. The zero-order chi connectivity index (χ0) is 16.0. The van der Waals surface area contributed by atoms with Crippen molar-refractivity contribution >= 4 is 15.7 Å². The molecule has 0 saturated carbocycles. The molecule has 0 bridgehead atoms. The number of unbranched alkanes of at least 4 members (excludes halogenated alkanes) is 2. The van der Waals surface area contributed by atoms with E-state index < -0.39 is 9.84 Å². The molecule has 1 aliphatic heterocycles. The average Bonchev–Trinajstić information content (AvgIpc) is 2.87. The van der Waals surface area contributed by atoms with Crippen molar-refractivity contribution in [2.24, 2.45) is 5.92 Å². The third-order valence-electron chi connectivity index (χ3n) is 4.22. The van der Waals surface area contributed by atoms with Crippen LogP contribution in [0.25, 0.3) is 0 Å². The summed E-state index contributed by atoms with van der Waals surface area (Å²) in [4.78, 5) is 12.4. The van der Waals surface area contributed by atoms with E-state index in [0.29, 0.717) is 6.42 Å². The van der Waals surface area contributed by atoms with E-state index in [2.05, 4.69) is 12.2 Å². The van der Waals surface area contributed by atoms with Crippen molar-refractivity contribution in [3.05, 3.63) is 35.9 Å². The van der Waals surface area contributed by atoms with E-state index in [1.807, 2.05) is 30.3 Å². The third kappa shape index (κ3) is 4.83. The smallest absolute Gasteiger partial charge is 0.224 e. The lowest BCUT2D eigenvalue weighted by molar-refractivity contribution is -0.125. The van der Waals surface area contributed by atoms with Crippen molar-refractivity contribution in [3.8, 4) is 0 Å². The van der Waals surface area contributed by atoms with Crippen LogP contribution in [0.15, 0.2) is 30.3 Å². The number of nitrogens with one attached hydrogen (secondary N) is 1. The second-order valence-electron chi connectivity index (χ2n) is 6.07. The van der Waals surface area contributed by atoms with E-state index in [0.717, 1.165) is 31.2 Å². The number of carbonyl (C=O) groups is 1. The van der Waals surface area contributed by atoms with E-state index in [-0.39, 0.29) is 29.4 Å². The molecule has 122 valence electrons. The first-order valence-electron chi connectivity index (χ1n) is 8.07. The van der Waals surface area contributed by atoms with Gasteiger partial charge in [-0.15, -0.1) is 0 Å². The van der Waals surface area contributed by atoms with Gasteiger partial charge in [0.1, 0.15) is 0 Å². The number of hydrogen-bond donors (Lipinski definition) is 1. The van der Waals surface area contributed by atoms with Gasteiger partial charge < -0.3 is 5.32 Å². The molecule has 0 spiro atoms. The fourth-order valence-electron chi connectivity index (χ4n) is 2.90. The molecule has 1 saturated heterocycles. The van der Waals surface area contributed by atoms with E-state index in [1.165, 1.54) is 0 Å². The lowest BCUT2D eigenvalue weighted by Gasteiger charge is -2.21. The van der Waals surface area contributed by atoms with Gasteiger partial charge in [0.15, 0.2) is 9.84 Å². The highest BCUT2D eigenvalue weighted by Gasteiger charge is 2.33. The Morgan fingerprint density at radius 3 is 2.59 bits per heavy atom. The van der Waals surface area contributed by atoms with Crippen molar-refractivity contribution in [2.75, 3.05) is 11.5 Å². The maximum atomic E-state index is 12.4. The first kappa shape index (κ1) is 17.0. The summed E-state index contributed by atoms with van der Waals surface area (Å²) in [5.41, 5.74) is 1.09. The highest BCUT2D eigenvalue weighted by Crippen LogP contribution is 2.23. The Balaban J connectivity index is 2.01. The summed E-state index contributed by atoms with van der Waals surface area (Å²) in [6.45, 7) is 2.15. The maximum Gasteiger partial charge on any atom is 0.224 e. The van der Waals surface area contributed by atoms with E-state index in [1.54, 1.807) is 0 Å². The molecule has 0 aliphatic carbocycles. The highest BCUT2D eigenvalue weighted by atomic mass is 32.2. The topological polar surface area (TPSA) is 63.2 Å². The summed E-state index contributed by atoms with van der Waals surface area (Å²) >= 11 is 0. The fourth-order valence-corrected chi connectivity index (χ4v) is 4.64. The van der Waals surface area contributed by atoms with Crippen LogP contribution < -0.4 is 5.32 Å². The molecule has 1 fully saturated rings. The number of sulfone groups is 1. The monoisotopic (exact) mass is 323 g/mol. The lowest BCUT2D eigenvalue weighted by atomic mass is 9.99. The Morgan fingerprint density at radius 2 is 2.00 bits per heavy atom. The van der Waals surface area contributed by atoms with E-state index >= 15 is 0 Å². The zero-order valence-corrected chi connectivity index (χ0v) is 13.9. The molecule has 1 amide bonds. The minimum atomic E-state index is -3.02. The van der Waals surface area contributed by atoms with Crippen LogP contribution in [-0.2, 0) is 14.6 Å². The van der Waals surface area contributed by atoms with Gasteiger partial charge >= 0.3 is 0 Å². The standard InChI is InChI=1S/C17H25NO3S/c1-2-3-5-10-16(14-8-6-4-7-9-14)18-17(19)15-11-12-22(20,21)13-15/h4,6-9,15-16H,2-3,5,10-13H2,1H3,(H,18,19). The van der Waals surface area contributed by atoms with Crippen molar-refractivity contribution in [2.45, 2.75) is 45.1 Å². The Labute approximate surface area is 133 Å². The lowest BCUT2D eigenvalue weighted by Crippen LogP contribution is -2.34. The molecule has 0 aromatic heterocycles. The second-order valence-corrected chi connectivity index (χ2v) is 8.30. The van der Waals surface area contributed by atoms with E-state index in [9.17, 15) is 13.2 Å². The van der Waals surface area contributed by atoms with Crippen LogP contribution in [0.1, 0.15) is 50.6 Å². The van der Waals surface area contributed by atoms with Gasteiger partial charge in [0, 0.05) is 0 Å². The largest absolute Gasteiger partial charge is 0.349 e. The minimum Gasteiger partial charge on any atom is -0.349 e. The first-order chi connectivity index (χ1) is 10.5. The van der Waals surface area contributed by atoms with Crippen LogP contribution >= 0.6 is 0 Å². The third-order valence-corrected chi connectivity index (χ3v) is 5.99. The normalized spacial score (nSPS) is 21.4. The van der Waals surface area contributed by atoms with E-state index in [4.69, 9.17) is 0 Å². The SMILES string of the molecule is CCCCCC(NC(=O)C1CCS(=O)(=O)C1)c1ccccc1. The Kier molecular flexibility index (Phi) is 6.00. The number of benzene rings is 1. The summed E-state index contributed by atoms with van der Waals surface area (Å²) < 4.78 is 23.1. The number of hydrogen-bond acceptors (Lipinski definition) is 3. The molecule has 5 heteroatoms. The van der Waals surface area contributed by atoms with Gasteiger partial charge in [0.2, 0.25) is 5.91 Å². The van der Waals surface area contributed by atoms with Crippen LogP contribution in [0.2, 0.25) is 0 Å². The molecule has 2 rings (SSSR count). The van der Waals surface area contributed by atoms with Crippen LogP contribution in [0.5, 0.6) is 0 Å². The predicted molar refractivity (Wildman–Crippen MR) is 88.2 cm³/mol. The molecule has 1 aromatic rings. The molecule has 22 heavy (non-hydrogen) atoms. The zero-order valence-electron chi connectivity index (χ0n) is 13.1. The van der Waals surface area contributed by atoms with Crippen LogP contribution in [0.3, 0.4) is 0 Å². The Morgan fingerprint density at radius 1 is 1.27 bits per heavy atom. The van der Waals surface area contributed by atoms with Crippen molar-refractivity contribution in [3.63, 3.8) is 0 Å². The molecule has 1 aromatic carbocycles. The number of rotatable bonds is 7. The van der Waals surface area contributed by atoms with Crippen molar-refractivity contribution in [1.82, 2.24) is 5.32 Å². The Hall–Kier alpha value is -1.36. The van der Waals surface area contributed by atoms with Gasteiger partial charge in [-0.05, 0) is 18.4 Å². The first-order valence-corrected chi connectivity index (χ1v) is 9.89. The average molecular weight is 323 g/mol. The molecule has 1 heterocycles. The van der Waals surface area contributed by atoms with Gasteiger partial charge in [0.05, 0.1) is 23.5 Å². The minimum absolute atomic E-state index is 0.00466. The quantitative estimate of drug-likeness (QED) is 0.785. The molecule has 1 aliphatic rings. The van der Waals surface area contributed by atoms with Gasteiger partial charge in [-0.3, -0.25) is 4.79 Å². The molecule has 1 N–H and O–H groups in total. The summed E-state index contributed by atoms with van der Waals surface area (Å²) in [6.07, 6.45) is 4.67. The molecular formula is C17H25NO3S. The molecule has 2 unspecified atom stereocenters. The van der Waals surface area contributed by atoms with Crippen LogP contribution in [-0.4, -0.2) is 25.8 Å². The van der Waals surface area contributed by atoms with Crippen LogP contribution in [0, 0.1) is 5.92 Å². The van der Waals surface area contributed by atoms with Gasteiger partial charge in [0.25, 0.3) is 0 Å². The van der Waals surface area contributed by atoms with Crippen molar-refractivity contribution < 1.29 is 13.2 Å². The molecule has 0 radical (unpaired) electrons. The summed E-state index contributed by atoms with van der Waals surface area (Å²) in [6, 6.07) is 9.90. The second kappa shape index (κ2) is 7.77. The Bertz CT molecular complexity index is 583. The fraction of sp³-hybridized carbons (Fsp3) is 0.588. The number of carbonyl (C=O) groups excluding carboxylic acids is 1. The number of amides is 1. The van der Waals surface area contributed by atoms with Gasteiger partial charge in [-0.2, -0.15) is 0 Å². The summed E-state index contributed by atoms with van der Waals surface area (Å²) in [7, 11) is -3.02. The van der Waals surface area contributed by atoms with Crippen molar-refractivity contribution in [1.29, 1.82) is 0 Å². The van der Waals surface area contributed by atoms with Crippen LogP contribution in [0.4, 0.5) is 0 Å². The van der Waals surface area contributed by atoms with Gasteiger partial charge in [-0.1, -0.05) is 56.5 Å². The predicted octanol–water partition coefficient (Wildman–Crippen LogP) is 2.86. The molecule has 2 atom stereocenters. The highest BCUT2D eigenvalue weighted by molar-refractivity contribution is 7.91. The maximum absolute atomic E-state index is 12.4.